The van der Waals surface area contributed by atoms with E-state index in [2.05, 4.69) is 10.3 Å². The molecule has 0 amide bonds. The molecule has 1 aromatic rings. The van der Waals surface area contributed by atoms with Crippen LogP contribution in [0.2, 0.25) is 0 Å². The van der Waals surface area contributed by atoms with Crippen LogP contribution in [-0.2, 0) is 0 Å². The van der Waals surface area contributed by atoms with Crippen LogP contribution in [0, 0.1) is 21.4 Å². The average Bonchev–Trinajstić information content (AvgIpc) is 2.38. The van der Waals surface area contributed by atoms with Gasteiger partial charge in [-0.25, -0.2) is 4.98 Å². The molecule has 96 valence electrons. The molecule has 0 spiro atoms. The molecule has 7 heteroatoms. The Hall–Kier alpha value is -1.81. The molecule has 0 saturated carbocycles. The van der Waals surface area contributed by atoms with Crippen molar-refractivity contribution in [3.05, 3.63) is 27.9 Å². The second-order valence-corrected chi connectivity index (χ2v) is 4.58. The molecule has 1 aromatic heterocycles. The highest BCUT2D eigenvalue weighted by molar-refractivity contribution is 7.98. The SMILES string of the molecule is CCC(CSC)Nc1ncc(C#N)cc1[N+](=O)[O-]. The molecule has 0 bridgehead atoms. The van der Waals surface area contributed by atoms with Crippen molar-refractivity contribution in [2.45, 2.75) is 19.4 Å². The van der Waals surface area contributed by atoms with E-state index < -0.39 is 4.92 Å². The minimum Gasteiger partial charge on any atom is -0.361 e. The number of hydrogen-bond acceptors (Lipinski definition) is 6. The molecule has 1 rings (SSSR count). The minimum absolute atomic E-state index is 0.124. The largest absolute Gasteiger partial charge is 0.361 e. The summed E-state index contributed by atoms with van der Waals surface area (Å²) in [7, 11) is 0. The Kier molecular flexibility index (Phi) is 5.39. The third-order valence-electron chi connectivity index (χ3n) is 2.39. The van der Waals surface area contributed by atoms with Crippen molar-refractivity contribution in [3.8, 4) is 6.07 Å². The van der Waals surface area contributed by atoms with Crippen molar-refractivity contribution in [1.29, 1.82) is 5.26 Å². The molecule has 1 atom stereocenters. The van der Waals surface area contributed by atoms with E-state index in [0.29, 0.717) is 0 Å². The number of nitrogens with zero attached hydrogens (tertiary/aromatic N) is 3. The molecular formula is C11H14N4O2S. The highest BCUT2D eigenvalue weighted by Gasteiger charge is 2.18. The third kappa shape index (κ3) is 3.60. The molecule has 6 nitrogen and oxygen atoms in total. The van der Waals surface area contributed by atoms with E-state index >= 15 is 0 Å². The Morgan fingerprint density at radius 2 is 2.44 bits per heavy atom. The van der Waals surface area contributed by atoms with Crippen molar-refractivity contribution in [2.75, 3.05) is 17.3 Å². The maximum Gasteiger partial charge on any atom is 0.312 e. The van der Waals surface area contributed by atoms with Crippen molar-refractivity contribution in [1.82, 2.24) is 4.98 Å². The number of nitriles is 1. The first kappa shape index (κ1) is 14.3. The number of thioether (sulfide) groups is 1. The highest BCUT2D eigenvalue weighted by atomic mass is 32.2. The van der Waals surface area contributed by atoms with E-state index in [1.807, 2.05) is 19.2 Å². The van der Waals surface area contributed by atoms with Crippen LogP contribution in [0.3, 0.4) is 0 Å². The van der Waals surface area contributed by atoms with Crippen LogP contribution in [0.4, 0.5) is 11.5 Å². The van der Waals surface area contributed by atoms with Gasteiger partial charge < -0.3 is 5.32 Å². The quantitative estimate of drug-likeness (QED) is 0.628. The summed E-state index contributed by atoms with van der Waals surface area (Å²) in [6.45, 7) is 2.00. The Morgan fingerprint density at radius 3 is 2.94 bits per heavy atom. The molecule has 1 N–H and O–H groups in total. The van der Waals surface area contributed by atoms with Gasteiger partial charge in [-0.1, -0.05) is 6.92 Å². The van der Waals surface area contributed by atoms with Gasteiger partial charge in [-0.3, -0.25) is 10.1 Å². The van der Waals surface area contributed by atoms with Crippen LogP contribution >= 0.6 is 11.8 Å². The van der Waals surface area contributed by atoms with Crippen LogP contribution in [-0.4, -0.2) is 28.0 Å². The Labute approximate surface area is 110 Å². The fourth-order valence-corrected chi connectivity index (χ4v) is 2.14. The zero-order chi connectivity index (χ0) is 13.5. The fraction of sp³-hybridized carbons (Fsp3) is 0.455. The van der Waals surface area contributed by atoms with Crippen LogP contribution in [0.1, 0.15) is 18.9 Å². The summed E-state index contributed by atoms with van der Waals surface area (Å²) in [4.78, 5) is 14.4. The number of anilines is 1. The van der Waals surface area contributed by atoms with Crippen LogP contribution in [0.15, 0.2) is 12.3 Å². The van der Waals surface area contributed by atoms with E-state index in [-0.39, 0.29) is 23.1 Å². The number of rotatable bonds is 6. The summed E-state index contributed by atoms with van der Waals surface area (Å²) >= 11 is 1.66. The second-order valence-electron chi connectivity index (χ2n) is 3.67. The van der Waals surface area contributed by atoms with Gasteiger partial charge in [0.2, 0.25) is 5.82 Å². The number of nitrogens with one attached hydrogen (secondary N) is 1. The molecule has 0 aliphatic rings. The monoisotopic (exact) mass is 266 g/mol. The van der Waals surface area contributed by atoms with Gasteiger partial charge in [0.05, 0.1) is 10.5 Å². The van der Waals surface area contributed by atoms with Crippen molar-refractivity contribution in [3.63, 3.8) is 0 Å². The van der Waals surface area contributed by atoms with Gasteiger partial charge in [-0.2, -0.15) is 17.0 Å². The molecule has 1 unspecified atom stereocenters. The molecule has 0 radical (unpaired) electrons. The number of pyridine rings is 1. The minimum atomic E-state index is -0.526. The summed E-state index contributed by atoms with van der Waals surface area (Å²) < 4.78 is 0. The molecule has 0 aliphatic carbocycles. The first-order valence-corrected chi connectivity index (χ1v) is 6.81. The van der Waals surface area contributed by atoms with Gasteiger partial charge in [0, 0.05) is 24.1 Å². The first-order valence-electron chi connectivity index (χ1n) is 5.42. The lowest BCUT2D eigenvalue weighted by molar-refractivity contribution is -0.384. The van der Waals surface area contributed by atoms with E-state index in [1.165, 1.54) is 12.3 Å². The molecule has 0 aliphatic heterocycles. The zero-order valence-electron chi connectivity index (χ0n) is 10.2. The van der Waals surface area contributed by atoms with Gasteiger partial charge >= 0.3 is 5.69 Å². The maximum absolute atomic E-state index is 10.9. The average molecular weight is 266 g/mol. The van der Waals surface area contributed by atoms with Crippen LogP contribution in [0.25, 0.3) is 0 Å². The van der Waals surface area contributed by atoms with E-state index in [1.54, 1.807) is 11.8 Å². The summed E-state index contributed by atoms with van der Waals surface area (Å²) in [5, 5.41) is 22.7. The standard InChI is InChI=1S/C11H14N4O2S/c1-3-9(7-18-2)14-11-10(15(16)17)4-8(5-12)6-13-11/h4,6,9H,3,7H2,1-2H3,(H,13,14). The third-order valence-corrected chi connectivity index (χ3v) is 3.13. The van der Waals surface area contributed by atoms with Gasteiger partial charge in [0.25, 0.3) is 0 Å². The van der Waals surface area contributed by atoms with Crippen LogP contribution in [0.5, 0.6) is 0 Å². The molecule has 1 heterocycles. The molecule has 18 heavy (non-hydrogen) atoms. The van der Waals surface area contributed by atoms with Crippen LogP contribution < -0.4 is 5.32 Å². The lowest BCUT2D eigenvalue weighted by Gasteiger charge is -2.16. The van der Waals surface area contributed by atoms with E-state index in [0.717, 1.165) is 12.2 Å². The highest BCUT2D eigenvalue weighted by Crippen LogP contribution is 2.24. The Morgan fingerprint density at radius 1 is 1.72 bits per heavy atom. The van der Waals surface area contributed by atoms with Gasteiger partial charge in [0.15, 0.2) is 0 Å². The zero-order valence-corrected chi connectivity index (χ0v) is 11.0. The lowest BCUT2D eigenvalue weighted by atomic mass is 10.2. The topological polar surface area (TPSA) is 91.8 Å². The fourth-order valence-electron chi connectivity index (χ4n) is 1.42. The van der Waals surface area contributed by atoms with Gasteiger partial charge in [0.1, 0.15) is 6.07 Å². The second kappa shape index (κ2) is 6.81. The summed E-state index contributed by atoms with van der Waals surface area (Å²) in [6.07, 6.45) is 4.16. The maximum atomic E-state index is 10.9. The van der Waals surface area contributed by atoms with Gasteiger partial charge in [-0.05, 0) is 12.7 Å². The number of nitro groups is 1. The molecular weight excluding hydrogens is 252 g/mol. The molecule has 0 saturated heterocycles. The summed E-state index contributed by atoms with van der Waals surface area (Å²) in [6, 6.07) is 3.20. The van der Waals surface area contributed by atoms with E-state index in [4.69, 9.17) is 5.26 Å². The van der Waals surface area contributed by atoms with E-state index in [9.17, 15) is 10.1 Å². The Bertz CT molecular complexity index is 473. The normalized spacial score (nSPS) is 11.6. The number of hydrogen-bond donors (Lipinski definition) is 1. The Balaban J connectivity index is 3.01. The first-order chi connectivity index (χ1) is 8.62. The van der Waals surface area contributed by atoms with Gasteiger partial charge in [-0.15, -0.1) is 0 Å². The smallest absolute Gasteiger partial charge is 0.312 e. The summed E-state index contributed by atoms with van der Waals surface area (Å²) in [5.41, 5.74) is 0.0266. The molecule has 0 aromatic carbocycles. The predicted octanol–water partition coefficient (Wildman–Crippen LogP) is 2.41. The lowest BCUT2D eigenvalue weighted by Crippen LogP contribution is -2.22. The van der Waals surface area contributed by atoms with Crippen molar-refractivity contribution >= 4 is 23.3 Å². The summed E-state index contributed by atoms with van der Waals surface area (Å²) in [5.74, 6) is 1.06. The molecule has 0 fully saturated rings. The van der Waals surface area contributed by atoms with Crippen molar-refractivity contribution in [2.24, 2.45) is 0 Å². The predicted molar refractivity (Wildman–Crippen MR) is 71.7 cm³/mol. The number of aromatic nitrogens is 1. The van der Waals surface area contributed by atoms with Crippen molar-refractivity contribution < 1.29 is 4.92 Å².